The van der Waals surface area contributed by atoms with Gasteiger partial charge in [-0.05, 0) is 60.7 Å². The summed E-state index contributed by atoms with van der Waals surface area (Å²) in [4.78, 5) is 38.4. The van der Waals surface area contributed by atoms with Gasteiger partial charge in [0.25, 0.3) is 5.91 Å². The average Bonchev–Trinajstić information content (AvgIpc) is 3.44. The van der Waals surface area contributed by atoms with E-state index < -0.39 is 17.7 Å². The smallest absolute Gasteiger partial charge is 0.328 e. The third kappa shape index (κ3) is 4.72. The summed E-state index contributed by atoms with van der Waals surface area (Å²) in [7, 11) is 0. The molecule has 3 aromatic carbocycles. The van der Waals surface area contributed by atoms with Crippen LogP contribution in [-0.2, 0) is 9.59 Å². The van der Waals surface area contributed by atoms with Crippen LogP contribution in [-0.4, -0.2) is 29.2 Å². The van der Waals surface area contributed by atoms with Gasteiger partial charge in [-0.25, -0.2) is 4.68 Å². The highest BCUT2D eigenvalue weighted by Gasteiger charge is 2.22. The number of aromatic nitrogens is 1. The highest BCUT2D eigenvalue weighted by molar-refractivity contribution is 6.42. The molecule has 0 fully saturated rings. The van der Waals surface area contributed by atoms with Gasteiger partial charge in [-0.1, -0.05) is 23.2 Å². The molecule has 3 amide bonds. The molecule has 2 heterocycles. The summed E-state index contributed by atoms with van der Waals surface area (Å²) >= 11 is 12.0. The number of nitrogens with one attached hydrogen (secondary N) is 3. The summed E-state index contributed by atoms with van der Waals surface area (Å²) in [5.41, 5.74) is 3.89. The molecule has 1 aromatic heterocycles. The molecule has 4 aromatic rings. The van der Waals surface area contributed by atoms with E-state index in [4.69, 9.17) is 32.7 Å². The van der Waals surface area contributed by atoms with Crippen LogP contribution in [0.5, 0.6) is 11.5 Å². The zero-order valence-corrected chi connectivity index (χ0v) is 19.3. The Morgan fingerprint density at radius 1 is 0.743 bits per heavy atom. The second-order valence-electron chi connectivity index (χ2n) is 7.49. The third-order valence-electron chi connectivity index (χ3n) is 5.15. The van der Waals surface area contributed by atoms with Crippen LogP contribution in [0.3, 0.4) is 0 Å². The van der Waals surface area contributed by atoms with Crippen molar-refractivity contribution in [3.05, 3.63) is 82.5 Å². The zero-order chi connectivity index (χ0) is 24.5. The molecular formula is C24H16Cl2N4O5. The Kier molecular flexibility index (Phi) is 5.94. The minimum Gasteiger partial charge on any atom is -0.454 e. The Balaban J connectivity index is 1.40. The van der Waals surface area contributed by atoms with E-state index in [1.807, 2.05) is 0 Å². The summed E-state index contributed by atoms with van der Waals surface area (Å²) < 4.78 is 11.8. The molecule has 176 valence electrons. The lowest BCUT2D eigenvalue weighted by Crippen LogP contribution is -2.36. The molecule has 0 bridgehead atoms. The van der Waals surface area contributed by atoms with Gasteiger partial charge < -0.3 is 20.1 Å². The molecule has 0 saturated heterocycles. The molecule has 11 heteroatoms. The van der Waals surface area contributed by atoms with Crippen LogP contribution < -0.4 is 25.5 Å². The van der Waals surface area contributed by atoms with Crippen molar-refractivity contribution < 1.29 is 23.9 Å². The molecule has 1 aliphatic rings. The molecule has 0 radical (unpaired) electrons. The number of ether oxygens (including phenoxy) is 2. The van der Waals surface area contributed by atoms with Crippen LogP contribution in [0.15, 0.2) is 66.7 Å². The van der Waals surface area contributed by atoms with E-state index in [9.17, 15) is 14.4 Å². The average molecular weight is 511 g/mol. The molecule has 3 N–H and O–H groups in total. The Bertz CT molecular complexity index is 1480. The van der Waals surface area contributed by atoms with Gasteiger partial charge in [0, 0.05) is 32.9 Å². The van der Waals surface area contributed by atoms with Crippen LogP contribution >= 0.6 is 23.2 Å². The number of hydrogen-bond acceptors (Lipinski definition) is 5. The highest BCUT2D eigenvalue weighted by atomic mass is 35.5. The first-order valence-corrected chi connectivity index (χ1v) is 11.0. The predicted molar refractivity (Wildman–Crippen MR) is 132 cm³/mol. The van der Waals surface area contributed by atoms with E-state index in [2.05, 4.69) is 16.1 Å². The van der Waals surface area contributed by atoms with Gasteiger partial charge in [0.05, 0.1) is 5.52 Å². The lowest BCUT2D eigenvalue weighted by Gasteiger charge is -2.13. The molecule has 35 heavy (non-hydrogen) atoms. The number of fused-ring (bicyclic) bond motifs is 2. The van der Waals surface area contributed by atoms with Gasteiger partial charge in [0.2, 0.25) is 6.79 Å². The zero-order valence-electron chi connectivity index (χ0n) is 17.8. The molecular weight excluding hydrogens is 495 g/mol. The van der Waals surface area contributed by atoms with Crippen LogP contribution in [0.4, 0.5) is 11.4 Å². The normalized spacial score (nSPS) is 11.8. The summed E-state index contributed by atoms with van der Waals surface area (Å²) in [5.74, 6) is -1.45. The molecule has 0 atom stereocenters. The number of rotatable bonds is 4. The number of hydrogen-bond donors (Lipinski definition) is 3. The first-order chi connectivity index (χ1) is 16.9. The maximum Gasteiger partial charge on any atom is 0.328 e. The van der Waals surface area contributed by atoms with Crippen molar-refractivity contribution in [3.8, 4) is 11.5 Å². The first-order valence-electron chi connectivity index (χ1n) is 10.3. The van der Waals surface area contributed by atoms with Crippen molar-refractivity contribution >= 4 is 63.2 Å². The Hall–Kier alpha value is -4.21. The Morgan fingerprint density at radius 2 is 1.46 bits per heavy atom. The number of carbonyl (C=O) groups excluding carboxylic acids is 3. The van der Waals surface area contributed by atoms with E-state index in [-0.39, 0.29) is 12.5 Å². The van der Waals surface area contributed by atoms with Crippen LogP contribution in [0.1, 0.15) is 10.5 Å². The topological polar surface area (TPSA) is 111 Å². The largest absolute Gasteiger partial charge is 0.454 e. The van der Waals surface area contributed by atoms with E-state index in [0.29, 0.717) is 43.8 Å². The summed E-state index contributed by atoms with van der Waals surface area (Å²) in [6.07, 6.45) is 0. The van der Waals surface area contributed by atoms with Crippen molar-refractivity contribution in [2.75, 3.05) is 22.9 Å². The number of carbonyl (C=O) groups is 3. The Labute approximate surface area is 208 Å². The molecule has 0 aliphatic carbocycles. The number of anilines is 2. The lowest BCUT2D eigenvalue weighted by atomic mass is 10.2. The predicted octanol–water partition coefficient (Wildman–Crippen LogP) is 4.64. The SMILES string of the molecule is O=C(Nc1ccc2c(c1)OCO2)C(=O)Nn1c(C(=O)Nc2ccc(Cl)cc2)cc2cc(Cl)ccc21. The third-order valence-corrected chi connectivity index (χ3v) is 5.64. The quantitative estimate of drug-likeness (QED) is 0.346. The lowest BCUT2D eigenvalue weighted by molar-refractivity contribution is -0.133. The van der Waals surface area contributed by atoms with Gasteiger partial charge in [-0.3, -0.25) is 19.8 Å². The standard InChI is InChI=1S/C24H16Cl2N4O5/c25-14-1-4-16(5-2-14)27-22(31)19-10-13-9-15(26)3-7-18(13)30(19)29-24(33)23(32)28-17-6-8-20-21(11-17)35-12-34-20/h1-11H,12H2,(H,27,31)(H,28,32)(H,29,33). The number of nitrogens with zero attached hydrogens (tertiary/aromatic N) is 1. The molecule has 9 nitrogen and oxygen atoms in total. The number of amides is 3. The van der Waals surface area contributed by atoms with Gasteiger partial charge in [-0.15, -0.1) is 0 Å². The van der Waals surface area contributed by atoms with Gasteiger partial charge in [-0.2, -0.15) is 0 Å². The van der Waals surface area contributed by atoms with Crippen molar-refractivity contribution in [2.24, 2.45) is 0 Å². The minimum atomic E-state index is -0.990. The highest BCUT2D eigenvalue weighted by Crippen LogP contribution is 2.34. The summed E-state index contributed by atoms with van der Waals surface area (Å²) in [6.45, 7) is 0.0821. The second-order valence-corrected chi connectivity index (χ2v) is 8.37. The molecule has 5 rings (SSSR count). The van der Waals surface area contributed by atoms with Crippen molar-refractivity contribution in [1.29, 1.82) is 0 Å². The summed E-state index contributed by atoms with van der Waals surface area (Å²) in [6, 6.07) is 17.7. The number of halogens is 2. The van der Waals surface area contributed by atoms with Gasteiger partial charge in [0.1, 0.15) is 5.69 Å². The van der Waals surface area contributed by atoms with E-state index >= 15 is 0 Å². The maximum absolute atomic E-state index is 13.0. The minimum absolute atomic E-state index is 0.0821. The van der Waals surface area contributed by atoms with Gasteiger partial charge in [0.15, 0.2) is 11.5 Å². The van der Waals surface area contributed by atoms with E-state index in [1.54, 1.807) is 66.7 Å². The molecule has 0 unspecified atom stereocenters. The monoisotopic (exact) mass is 510 g/mol. The van der Waals surface area contributed by atoms with Crippen molar-refractivity contribution in [1.82, 2.24) is 4.68 Å². The van der Waals surface area contributed by atoms with Gasteiger partial charge >= 0.3 is 11.8 Å². The molecule has 0 spiro atoms. The fourth-order valence-electron chi connectivity index (χ4n) is 3.52. The summed E-state index contributed by atoms with van der Waals surface area (Å²) in [5, 5.41) is 6.80. The number of benzene rings is 3. The van der Waals surface area contributed by atoms with Crippen molar-refractivity contribution in [2.45, 2.75) is 0 Å². The maximum atomic E-state index is 13.0. The van der Waals surface area contributed by atoms with Crippen LogP contribution in [0.2, 0.25) is 10.0 Å². The fourth-order valence-corrected chi connectivity index (χ4v) is 3.82. The fraction of sp³-hybridized carbons (Fsp3) is 0.0417. The van der Waals surface area contributed by atoms with Crippen LogP contribution in [0.25, 0.3) is 10.9 Å². The van der Waals surface area contributed by atoms with E-state index in [0.717, 1.165) is 0 Å². The Morgan fingerprint density at radius 3 is 2.26 bits per heavy atom. The first kappa shape index (κ1) is 22.6. The molecule has 1 aliphatic heterocycles. The van der Waals surface area contributed by atoms with Crippen LogP contribution in [0, 0.1) is 0 Å². The van der Waals surface area contributed by atoms with E-state index in [1.165, 1.54) is 4.68 Å². The van der Waals surface area contributed by atoms with Crippen molar-refractivity contribution in [3.63, 3.8) is 0 Å². The molecule has 0 saturated carbocycles. The second kappa shape index (κ2) is 9.21.